The summed E-state index contributed by atoms with van der Waals surface area (Å²) in [6.45, 7) is 5.23. The van der Waals surface area contributed by atoms with E-state index in [1.165, 1.54) is 18.4 Å². The summed E-state index contributed by atoms with van der Waals surface area (Å²) in [5, 5.41) is 3.49. The van der Waals surface area contributed by atoms with Gasteiger partial charge in [0.25, 0.3) is 0 Å². The number of nitrogens with zero attached hydrogens (tertiary/aromatic N) is 1. The molecule has 1 N–H and O–H groups in total. The van der Waals surface area contributed by atoms with Crippen molar-refractivity contribution < 1.29 is 4.79 Å². The third-order valence-electron chi connectivity index (χ3n) is 4.30. The summed E-state index contributed by atoms with van der Waals surface area (Å²) >= 11 is 0. The van der Waals surface area contributed by atoms with E-state index < -0.39 is 0 Å². The Morgan fingerprint density at radius 1 is 1.25 bits per heavy atom. The molecule has 1 heterocycles. The van der Waals surface area contributed by atoms with Gasteiger partial charge in [0.2, 0.25) is 5.91 Å². The Morgan fingerprint density at radius 2 is 2.05 bits per heavy atom. The van der Waals surface area contributed by atoms with Crippen LogP contribution in [0.4, 0.5) is 5.69 Å². The fourth-order valence-corrected chi connectivity index (χ4v) is 2.87. The fourth-order valence-electron chi connectivity index (χ4n) is 2.87. The van der Waals surface area contributed by atoms with Gasteiger partial charge in [0, 0.05) is 18.3 Å². The van der Waals surface area contributed by atoms with Gasteiger partial charge in [0.1, 0.15) is 0 Å². The van der Waals surface area contributed by atoms with Gasteiger partial charge in [0.15, 0.2) is 0 Å². The van der Waals surface area contributed by atoms with Crippen molar-refractivity contribution in [2.45, 2.75) is 57.5 Å². The molecule has 0 radical (unpaired) electrons. The zero-order valence-corrected chi connectivity index (χ0v) is 12.4. The van der Waals surface area contributed by atoms with E-state index in [-0.39, 0.29) is 11.9 Å². The first-order valence-electron chi connectivity index (χ1n) is 7.82. The summed E-state index contributed by atoms with van der Waals surface area (Å²) in [7, 11) is 0. The van der Waals surface area contributed by atoms with Crippen molar-refractivity contribution in [3.05, 3.63) is 29.8 Å². The van der Waals surface area contributed by atoms with Gasteiger partial charge in [0.05, 0.1) is 6.04 Å². The normalized spacial score (nSPS) is 23.4. The summed E-state index contributed by atoms with van der Waals surface area (Å²) in [6, 6.07) is 9.05. The zero-order valence-electron chi connectivity index (χ0n) is 12.4. The molecule has 1 saturated carbocycles. The van der Waals surface area contributed by atoms with Crippen LogP contribution in [0.2, 0.25) is 0 Å². The van der Waals surface area contributed by atoms with Crippen LogP contribution in [0.5, 0.6) is 0 Å². The Labute approximate surface area is 121 Å². The largest absolute Gasteiger partial charge is 0.311 e. The third kappa shape index (κ3) is 2.88. The molecule has 1 atom stereocenters. The molecule has 1 saturated heterocycles. The molecule has 1 aromatic rings. The molecule has 2 fully saturated rings. The minimum absolute atomic E-state index is 0.0268. The van der Waals surface area contributed by atoms with Crippen LogP contribution in [-0.2, 0) is 4.79 Å². The predicted octanol–water partition coefficient (Wildman–Crippen LogP) is 3.06. The second-order valence-electron chi connectivity index (χ2n) is 6.38. The summed E-state index contributed by atoms with van der Waals surface area (Å²) < 4.78 is 0. The van der Waals surface area contributed by atoms with Crippen LogP contribution in [0.1, 0.15) is 51.0 Å². The topological polar surface area (TPSA) is 32.3 Å². The van der Waals surface area contributed by atoms with Gasteiger partial charge in [-0.15, -0.1) is 0 Å². The van der Waals surface area contributed by atoms with E-state index in [1.54, 1.807) is 0 Å². The van der Waals surface area contributed by atoms with Crippen LogP contribution in [0, 0.1) is 0 Å². The third-order valence-corrected chi connectivity index (χ3v) is 4.30. The van der Waals surface area contributed by atoms with E-state index in [0.717, 1.165) is 25.1 Å². The van der Waals surface area contributed by atoms with E-state index >= 15 is 0 Å². The van der Waals surface area contributed by atoms with Gasteiger partial charge in [-0.3, -0.25) is 4.79 Å². The standard InChI is InChI=1S/C17H24N2O/c1-12(2)13-5-3-6-15(11-13)19-10-4-7-16(17(19)20)18-14-8-9-14/h3,5-6,11-12,14,16,18H,4,7-10H2,1-2H3. The predicted molar refractivity (Wildman–Crippen MR) is 82.1 cm³/mol. The number of carbonyl (C=O) groups is 1. The summed E-state index contributed by atoms with van der Waals surface area (Å²) in [5.74, 6) is 0.749. The summed E-state index contributed by atoms with van der Waals surface area (Å²) in [4.78, 5) is 14.6. The van der Waals surface area contributed by atoms with Gasteiger partial charge >= 0.3 is 0 Å². The van der Waals surface area contributed by atoms with Crippen molar-refractivity contribution >= 4 is 11.6 Å². The lowest BCUT2D eigenvalue weighted by Gasteiger charge is -2.33. The lowest BCUT2D eigenvalue weighted by atomic mass is 10.00. The highest BCUT2D eigenvalue weighted by Crippen LogP contribution is 2.27. The van der Waals surface area contributed by atoms with Gasteiger partial charge in [-0.25, -0.2) is 0 Å². The number of rotatable bonds is 4. The van der Waals surface area contributed by atoms with E-state index in [4.69, 9.17) is 0 Å². The number of hydrogen-bond donors (Lipinski definition) is 1. The monoisotopic (exact) mass is 272 g/mol. The lowest BCUT2D eigenvalue weighted by Crippen LogP contribution is -2.51. The highest BCUT2D eigenvalue weighted by molar-refractivity contribution is 5.98. The Balaban J connectivity index is 1.77. The summed E-state index contributed by atoms with van der Waals surface area (Å²) in [6.07, 6.45) is 4.52. The summed E-state index contributed by atoms with van der Waals surface area (Å²) in [5.41, 5.74) is 2.36. The highest BCUT2D eigenvalue weighted by atomic mass is 16.2. The second kappa shape index (κ2) is 5.57. The Morgan fingerprint density at radius 3 is 2.75 bits per heavy atom. The first-order chi connectivity index (χ1) is 9.65. The van der Waals surface area contributed by atoms with E-state index in [2.05, 4.69) is 43.4 Å². The molecule has 2 aliphatic rings. The molecule has 20 heavy (non-hydrogen) atoms. The highest BCUT2D eigenvalue weighted by Gasteiger charge is 2.33. The molecule has 1 amide bonds. The van der Waals surface area contributed by atoms with Gasteiger partial charge < -0.3 is 10.2 Å². The molecule has 1 aliphatic carbocycles. The number of amides is 1. The average molecular weight is 272 g/mol. The van der Waals surface area contributed by atoms with Crippen molar-refractivity contribution in [1.29, 1.82) is 0 Å². The number of hydrogen-bond acceptors (Lipinski definition) is 2. The molecular formula is C17H24N2O. The lowest BCUT2D eigenvalue weighted by molar-refractivity contribution is -0.121. The molecule has 3 heteroatoms. The Bertz CT molecular complexity index is 494. The minimum atomic E-state index is 0.0268. The molecule has 0 aromatic heterocycles. The Kier molecular flexibility index (Phi) is 3.79. The molecule has 3 rings (SSSR count). The van der Waals surface area contributed by atoms with E-state index in [1.807, 2.05) is 4.90 Å². The Hall–Kier alpha value is -1.35. The quantitative estimate of drug-likeness (QED) is 0.913. The van der Waals surface area contributed by atoms with Gasteiger partial charge in [-0.2, -0.15) is 0 Å². The number of piperidine rings is 1. The van der Waals surface area contributed by atoms with Gasteiger partial charge in [-0.1, -0.05) is 26.0 Å². The van der Waals surface area contributed by atoms with Crippen molar-refractivity contribution in [3.8, 4) is 0 Å². The minimum Gasteiger partial charge on any atom is -0.311 e. The maximum absolute atomic E-state index is 12.6. The van der Waals surface area contributed by atoms with E-state index in [9.17, 15) is 4.79 Å². The molecule has 1 unspecified atom stereocenters. The van der Waals surface area contributed by atoms with E-state index in [0.29, 0.717) is 12.0 Å². The number of benzene rings is 1. The first-order valence-corrected chi connectivity index (χ1v) is 7.82. The van der Waals surface area contributed by atoms with Gasteiger partial charge in [-0.05, 0) is 49.3 Å². The molecule has 1 aliphatic heterocycles. The van der Waals surface area contributed by atoms with Crippen LogP contribution >= 0.6 is 0 Å². The van der Waals surface area contributed by atoms with Crippen molar-refractivity contribution in [2.24, 2.45) is 0 Å². The number of nitrogens with one attached hydrogen (secondary N) is 1. The van der Waals surface area contributed by atoms with Crippen LogP contribution < -0.4 is 10.2 Å². The van der Waals surface area contributed by atoms with Crippen LogP contribution in [-0.4, -0.2) is 24.5 Å². The maximum atomic E-state index is 12.6. The van der Waals surface area contributed by atoms with Crippen LogP contribution in [0.15, 0.2) is 24.3 Å². The smallest absolute Gasteiger partial charge is 0.244 e. The number of anilines is 1. The average Bonchev–Trinajstić information content (AvgIpc) is 3.25. The van der Waals surface area contributed by atoms with Crippen molar-refractivity contribution in [3.63, 3.8) is 0 Å². The molecule has 0 bridgehead atoms. The zero-order chi connectivity index (χ0) is 14.1. The van der Waals surface area contributed by atoms with Crippen molar-refractivity contribution in [2.75, 3.05) is 11.4 Å². The molecular weight excluding hydrogens is 248 g/mol. The molecule has 1 aromatic carbocycles. The SMILES string of the molecule is CC(C)c1cccc(N2CCCC(NC3CC3)C2=O)c1. The number of carbonyl (C=O) groups excluding carboxylic acids is 1. The molecule has 108 valence electrons. The van der Waals surface area contributed by atoms with Crippen molar-refractivity contribution in [1.82, 2.24) is 5.32 Å². The maximum Gasteiger partial charge on any atom is 0.244 e. The molecule has 0 spiro atoms. The van der Waals surface area contributed by atoms with Crippen LogP contribution in [0.25, 0.3) is 0 Å². The van der Waals surface area contributed by atoms with Crippen LogP contribution in [0.3, 0.4) is 0 Å². The second-order valence-corrected chi connectivity index (χ2v) is 6.38. The fraction of sp³-hybridized carbons (Fsp3) is 0.588. The molecule has 3 nitrogen and oxygen atoms in total. The first kappa shape index (κ1) is 13.6.